The van der Waals surface area contributed by atoms with Gasteiger partial charge in [0.1, 0.15) is 11.2 Å². The Morgan fingerprint density at radius 3 is 2.38 bits per heavy atom. The van der Waals surface area contributed by atoms with E-state index in [1.807, 2.05) is 20.8 Å². The molecule has 8 heteroatoms. The van der Waals surface area contributed by atoms with Gasteiger partial charge in [-0.1, -0.05) is 0 Å². The summed E-state index contributed by atoms with van der Waals surface area (Å²) in [5.74, 6) is 0. The first-order valence-electron chi connectivity index (χ1n) is 5.86. The monoisotopic (exact) mass is 414 g/mol. The topological polar surface area (TPSA) is 55.0 Å². The number of carbonyl (C=O) groups excluding carboxylic acids is 1. The number of hydrogen-bond donors (Lipinski definition) is 1. The van der Waals surface area contributed by atoms with Crippen molar-refractivity contribution in [1.29, 1.82) is 0 Å². The number of carbonyl (C=O) groups is 1. The normalized spacial score (nSPS) is 11.8. The summed E-state index contributed by atoms with van der Waals surface area (Å²) in [6.07, 6.45) is -1.92. The summed E-state index contributed by atoms with van der Waals surface area (Å²) < 4.78 is 42.0. The van der Waals surface area contributed by atoms with Crippen LogP contribution in [-0.2, 0) is 15.7 Å². The second-order valence-electron chi connectivity index (χ2n) is 5.05. The van der Waals surface area contributed by atoms with Crippen LogP contribution in [0.15, 0.2) is 18.5 Å². The third-order valence-electron chi connectivity index (χ3n) is 2.23. The van der Waals surface area contributed by atoms with Crippen molar-refractivity contribution in [3.63, 3.8) is 0 Å². The molecule has 0 amide bonds. The zero-order chi connectivity index (χ0) is 16.3. The number of nitrogens with zero attached hydrogens (tertiary/aromatic N) is 1. The maximum atomic E-state index is 12.4. The van der Waals surface area contributed by atoms with Crippen molar-refractivity contribution in [1.82, 2.24) is 9.97 Å². The lowest BCUT2D eigenvalue weighted by atomic mass is 10.2. The number of aromatic amines is 1. The quantitative estimate of drug-likeness (QED) is 0.564. The molecule has 21 heavy (non-hydrogen) atoms. The minimum Gasteiger partial charge on any atom is -0.462 e. The molecule has 2 aromatic heterocycles. The molecule has 4 nitrogen and oxygen atoms in total. The molecule has 1 N–H and O–H groups in total. The molecule has 0 radical (unpaired) electrons. The number of hydrogen-bond acceptors (Lipinski definition) is 3. The van der Waals surface area contributed by atoms with Gasteiger partial charge in [-0.2, -0.15) is 13.2 Å². The molecule has 0 aliphatic rings. The summed E-state index contributed by atoms with van der Waals surface area (Å²) in [6, 6.07) is 1.58. The predicted octanol–water partition coefficient (Wildman–Crippen LogP) is 4.14. The van der Waals surface area contributed by atoms with Crippen molar-refractivity contribution in [2.45, 2.75) is 32.5 Å². The molecular weight excluding hydrogens is 400 g/mol. The van der Waals surface area contributed by atoms with Crippen LogP contribution >= 0.6 is 22.6 Å². The number of nitrogens with one attached hydrogen (secondary N) is 1. The Hall–Kier alpha value is -1.32. The summed E-state index contributed by atoms with van der Waals surface area (Å²) in [4.78, 5) is 16.0. The van der Waals surface area contributed by atoms with Crippen LogP contribution in [-0.4, -0.2) is 22.0 Å². The molecule has 0 aromatic carbocycles. The van der Waals surface area contributed by atoms with Gasteiger partial charge in [-0.25, -0.2) is 4.98 Å². The average molecular weight is 414 g/mol. The van der Waals surface area contributed by atoms with Gasteiger partial charge in [0.05, 0.1) is 5.56 Å². The third-order valence-corrected chi connectivity index (χ3v) is 3.39. The minimum atomic E-state index is -4.34. The SMILES string of the molecule is CC(C)(C)OC=O.FC(F)(F)c1cnc2[nH]ccc2c1I. The number of H-pyrrole nitrogens is 1. The summed E-state index contributed by atoms with van der Waals surface area (Å²) in [6.45, 7) is 5.92. The summed E-state index contributed by atoms with van der Waals surface area (Å²) in [7, 11) is 0. The van der Waals surface area contributed by atoms with E-state index in [4.69, 9.17) is 0 Å². The Balaban J connectivity index is 0.000000270. The van der Waals surface area contributed by atoms with E-state index in [2.05, 4.69) is 14.7 Å². The molecule has 2 aromatic rings. The lowest BCUT2D eigenvalue weighted by molar-refractivity contribution is -0.139. The molecule has 0 saturated heterocycles. The number of rotatable bonds is 1. The van der Waals surface area contributed by atoms with E-state index >= 15 is 0 Å². The highest BCUT2D eigenvalue weighted by Gasteiger charge is 2.34. The summed E-state index contributed by atoms with van der Waals surface area (Å²) >= 11 is 1.68. The molecule has 0 aliphatic heterocycles. The van der Waals surface area contributed by atoms with E-state index < -0.39 is 11.7 Å². The number of aromatic nitrogens is 2. The van der Waals surface area contributed by atoms with Gasteiger partial charge in [0, 0.05) is 21.4 Å². The van der Waals surface area contributed by atoms with Crippen LogP contribution in [0.5, 0.6) is 0 Å². The molecule has 0 bridgehead atoms. The maximum absolute atomic E-state index is 12.4. The van der Waals surface area contributed by atoms with Crippen LogP contribution in [0.25, 0.3) is 11.0 Å². The second-order valence-corrected chi connectivity index (χ2v) is 6.13. The number of pyridine rings is 1. The van der Waals surface area contributed by atoms with E-state index in [1.54, 1.807) is 34.9 Å². The summed E-state index contributed by atoms with van der Waals surface area (Å²) in [5, 5.41) is 0.500. The van der Waals surface area contributed by atoms with Gasteiger partial charge in [-0.3, -0.25) is 4.79 Å². The van der Waals surface area contributed by atoms with Gasteiger partial charge < -0.3 is 9.72 Å². The van der Waals surface area contributed by atoms with Crippen molar-refractivity contribution < 1.29 is 22.7 Å². The van der Waals surface area contributed by atoms with Crippen LogP contribution < -0.4 is 0 Å². The number of ether oxygens (including phenoxy) is 1. The van der Waals surface area contributed by atoms with E-state index in [1.165, 1.54) is 0 Å². The lowest BCUT2D eigenvalue weighted by Crippen LogP contribution is -2.17. The molecular formula is C13H14F3IN2O2. The van der Waals surface area contributed by atoms with Crippen molar-refractivity contribution in [2.24, 2.45) is 0 Å². The molecule has 0 spiro atoms. The summed E-state index contributed by atoms with van der Waals surface area (Å²) in [5.41, 5.74) is -0.533. The molecule has 2 rings (SSSR count). The molecule has 0 atom stereocenters. The van der Waals surface area contributed by atoms with Gasteiger partial charge in [-0.05, 0) is 49.4 Å². The fraction of sp³-hybridized carbons (Fsp3) is 0.385. The van der Waals surface area contributed by atoms with Gasteiger partial charge in [0.2, 0.25) is 0 Å². The third kappa shape index (κ3) is 5.18. The number of fused-ring (bicyclic) bond motifs is 1. The van der Waals surface area contributed by atoms with Crippen molar-refractivity contribution in [2.75, 3.05) is 0 Å². The van der Waals surface area contributed by atoms with Crippen molar-refractivity contribution >= 4 is 40.1 Å². The van der Waals surface area contributed by atoms with Gasteiger partial charge in [0.15, 0.2) is 0 Å². The van der Waals surface area contributed by atoms with E-state index in [9.17, 15) is 18.0 Å². The molecule has 0 fully saturated rings. The molecule has 0 saturated carbocycles. The molecule has 0 aliphatic carbocycles. The van der Waals surface area contributed by atoms with E-state index in [0.717, 1.165) is 6.20 Å². The lowest BCUT2D eigenvalue weighted by Gasteiger charge is -2.14. The van der Waals surface area contributed by atoms with Crippen LogP contribution in [0.3, 0.4) is 0 Å². The van der Waals surface area contributed by atoms with Gasteiger partial charge in [-0.15, -0.1) is 0 Å². The van der Waals surface area contributed by atoms with Crippen LogP contribution in [0, 0.1) is 3.57 Å². The van der Waals surface area contributed by atoms with E-state index in [0.29, 0.717) is 17.5 Å². The highest BCUT2D eigenvalue weighted by Crippen LogP contribution is 2.34. The van der Waals surface area contributed by atoms with Crippen molar-refractivity contribution in [3.05, 3.63) is 27.6 Å². The van der Waals surface area contributed by atoms with Gasteiger partial charge in [0.25, 0.3) is 6.47 Å². The maximum Gasteiger partial charge on any atom is 0.418 e. The Morgan fingerprint density at radius 2 is 1.95 bits per heavy atom. The highest BCUT2D eigenvalue weighted by atomic mass is 127. The van der Waals surface area contributed by atoms with Crippen LogP contribution in [0.1, 0.15) is 26.3 Å². The Labute approximate surface area is 133 Å². The smallest absolute Gasteiger partial charge is 0.418 e. The standard InChI is InChI=1S/C8H4F3IN2.C5H10O2/c9-8(10,11)5-3-14-7-4(6(5)12)1-2-13-7;1-5(2,3)7-4-6/h1-3H,(H,13,14);4H,1-3H3. The molecule has 116 valence electrons. The van der Waals surface area contributed by atoms with E-state index in [-0.39, 0.29) is 9.17 Å². The zero-order valence-electron chi connectivity index (χ0n) is 11.6. The molecule has 2 heterocycles. The van der Waals surface area contributed by atoms with Crippen LogP contribution in [0.4, 0.5) is 13.2 Å². The Kier molecular flexibility index (Phi) is 5.60. The average Bonchev–Trinajstić information content (AvgIpc) is 2.75. The number of halogens is 4. The second kappa shape index (κ2) is 6.63. The fourth-order valence-electron chi connectivity index (χ4n) is 1.32. The minimum absolute atomic E-state index is 0.182. The van der Waals surface area contributed by atoms with Crippen LogP contribution in [0.2, 0.25) is 0 Å². The van der Waals surface area contributed by atoms with Crippen molar-refractivity contribution in [3.8, 4) is 0 Å². The highest BCUT2D eigenvalue weighted by molar-refractivity contribution is 14.1. The largest absolute Gasteiger partial charge is 0.462 e. The first kappa shape index (κ1) is 17.7. The Morgan fingerprint density at radius 1 is 1.33 bits per heavy atom. The van der Waals surface area contributed by atoms with Gasteiger partial charge >= 0.3 is 6.18 Å². The zero-order valence-corrected chi connectivity index (χ0v) is 13.7. The molecule has 0 unspecified atom stereocenters. The number of alkyl halides is 3. The Bertz CT molecular complexity index is 618. The first-order valence-corrected chi connectivity index (χ1v) is 6.94. The predicted molar refractivity (Wildman–Crippen MR) is 80.7 cm³/mol. The fourth-order valence-corrected chi connectivity index (χ4v) is 2.20. The first-order chi connectivity index (χ1) is 9.56.